The molecule has 2 aromatic rings. The Morgan fingerprint density at radius 3 is 2.89 bits per heavy atom. The van der Waals surface area contributed by atoms with E-state index in [-0.39, 0.29) is 11.4 Å². The van der Waals surface area contributed by atoms with Crippen LogP contribution in [0.2, 0.25) is 0 Å². The molecule has 0 atom stereocenters. The second kappa shape index (κ2) is 5.81. The maximum Gasteiger partial charge on any atom is 0.244 e. The van der Waals surface area contributed by atoms with E-state index in [0.29, 0.717) is 17.9 Å². The standard InChI is InChI=1S/C11H14N4O3S/c1-2-13-10-3-5-12-8-11(10)19(16,17)14-7-9-4-6-18-15-9/h3-6,8,14H,2,7H2,1H3,(H,12,13). The van der Waals surface area contributed by atoms with E-state index >= 15 is 0 Å². The van der Waals surface area contributed by atoms with E-state index in [0.717, 1.165) is 0 Å². The van der Waals surface area contributed by atoms with Crippen molar-refractivity contribution in [3.63, 3.8) is 0 Å². The molecule has 2 rings (SSSR count). The molecule has 102 valence electrons. The highest BCUT2D eigenvalue weighted by Gasteiger charge is 2.18. The van der Waals surface area contributed by atoms with Gasteiger partial charge >= 0.3 is 0 Å². The molecule has 2 heterocycles. The zero-order valence-electron chi connectivity index (χ0n) is 10.3. The first-order valence-electron chi connectivity index (χ1n) is 5.70. The maximum absolute atomic E-state index is 12.2. The van der Waals surface area contributed by atoms with Gasteiger partial charge in [-0.15, -0.1) is 0 Å². The first-order chi connectivity index (χ1) is 9.13. The molecule has 7 nitrogen and oxygen atoms in total. The summed E-state index contributed by atoms with van der Waals surface area (Å²) < 4.78 is 31.4. The van der Waals surface area contributed by atoms with Crippen LogP contribution in [0.15, 0.2) is 40.2 Å². The SMILES string of the molecule is CCNc1ccncc1S(=O)(=O)NCc1ccon1. The Bertz CT molecular complexity index is 625. The van der Waals surface area contributed by atoms with Crippen molar-refractivity contribution in [3.05, 3.63) is 36.5 Å². The van der Waals surface area contributed by atoms with Crippen LogP contribution in [0, 0.1) is 0 Å². The minimum Gasteiger partial charge on any atom is -0.384 e. The average molecular weight is 282 g/mol. The number of hydrogen-bond donors (Lipinski definition) is 2. The zero-order chi connectivity index (χ0) is 13.7. The predicted molar refractivity (Wildman–Crippen MR) is 68.9 cm³/mol. The molecule has 0 saturated heterocycles. The minimum absolute atomic E-state index is 0.0687. The number of nitrogens with one attached hydrogen (secondary N) is 2. The van der Waals surface area contributed by atoms with Crippen molar-refractivity contribution in [1.29, 1.82) is 0 Å². The molecule has 19 heavy (non-hydrogen) atoms. The molecule has 8 heteroatoms. The first kappa shape index (κ1) is 13.5. The van der Waals surface area contributed by atoms with Crippen LogP contribution in [0.4, 0.5) is 5.69 Å². The minimum atomic E-state index is -3.65. The van der Waals surface area contributed by atoms with Crippen LogP contribution in [0.1, 0.15) is 12.6 Å². The van der Waals surface area contributed by atoms with Gasteiger partial charge in [-0.25, -0.2) is 13.1 Å². The summed E-state index contributed by atoms with van der Waals surface area (Å²) in [7, 11) is -3.65. The van der Waals surface area contributed by atoms with Crippen LogP contribution < -0.4 is 10.0 Å². The summed E-state index contributed by atoms with van der Waals surface area (Å²) in [6, 6.07) is 3.21. The number of aromatic nitrogens is 2. The normalized spacial score (nSPS) is 11.4. The summed E-state index contributed by atoms with van der Waals surface area (Å²) in [6.45, 7) is 2.58. The van der Waals surface area contributed by atoms with Crippen LogP contribution in [-0.4, -0.2) is 25.1 Å². The molecule has 0 amide bonds. The van der Waals surface area contributed by atoms with Gasteiger partial charge in [0, 0.05) is 25.0 Å². The lowest BCUT2D eigenvalue weighted by molar-refractivity contribution is 0.411. The highest BCUT2D eigenvalue weighted by molar-refractivity contribution is 7.89. The lowest BCUT2D eigenvalue weighted by Crippen LogP contribution is -2.24. The third kappa shape index (κ3) is 3.30. The fraction of sp³-hybridized carbons (Fsp3) is 0.273. The van der Waals surface area contributed by atoms with Gasteiger partial charge in [-0.05, 0) is 13.0 Å². The molecule has 0 radical (unpaired) electrons. The van der Waals surface area contributed by atoms with Gasteiger partial charge in [0.2, 0.25) is 10.0 Å². The Morgan fingerprint density at radius 2 is 2.21 bits per heavy atom. The number of anilines is 1. The summed E-state index contributed by atoms with van der Waals surface area (Å²) in [6.07, 6.45) is 4.23. The molecule has 0 saturated carbocycles. The number of hydrogen-bond acceptors (Lipinski definition) is 6. The third-order valence-corrected chi connectivity index (χ3v) is 3.80. The topological polar surface area (TPSA) is 97.1 Å². The second-order valence-electron chi connectivity index (χ2n) is 3.72. The van der Waals surface area contributed by atoms with Gasteiger partial charge in [-0.1, -0.05) is 5.16 Å². The van der Waals surface area contributed by atoms with Crippen molar-refractivity contribution in [2.24, 2.45) is 0 Å². The van der Waals surface area contributed by atoms with Gasteiger partial charge < -0.3 is 9.84 Å². The molecule has 0 spiro atoms. The number of pyridine rings is 1. The maximum atomic E-state index is 12.2. The van der Waals surface area contributed by atoms with E-state index < -0.39 is 10.0 Å². The highest BCUT2D eigenvalue weighted by Crippen LogP contribution is 2.19. The van der Waals surface area contributed by atoms with E-state index in [2.05, 4.69) is 24.7 Å². The molecule has 0 aliphatic heterocycles. The summed E-state index contributed by atoms with van der Waals surface area (Å²) >= 11 is 0. The van der Waals surface area contributed by atoms with Crippen LogP contribution in [0.25, 0.3) is 0 Å². The molecular formula is C11H14N4O3S. The Balaban J connectivity index is 2.19. The summed E-state index contributed by atoms with van der Waals surface area (Å²) in [5.74, 6) is 0. The molecule has 0 aliphatic carbocycles. The van der Waals surface area contributed by atoms with Crippen LogP contribution in [0.3, 0.4) is 0 Å². The van der Waals surface area contributed by atoms with Crippen molar-refractivity contribution < 1.29 is 12.9 Å². The fourth-order valence-corrected chi connectivity index (χ4v) is 2.63. The lowest BCUT2D eigenvalue weighted by atomic mass is 10.4. The Morgan fingerprint density at radius 1 is 1.37 bits per heavy atom. The smallest absolute Gasteiger partial charge is 0.244 e. The monoisotopic (exact) mass is 282 g/mol. The highest BCUT2D eigenvalue weighted by atomic mass is 32.2. The first-order valence-corrected chi connectivity index (χ1v) is 7.18. The van der Waals surface area contributed by atoms with E-state index in [9.17, 15) is 8.42 Å². The molecule has 2 N–H and O–H groups in total. The average Bonchev–Trinajstić information content (AvgIpc) is 2.91. The number of nitrogens with zero attached hydrogens (tertiary/aromatic N) is 2. The van der Waals surface area contributed by atoms with Crippen LogP contribution in [0.5, 0.6) is 0 Å². The Hall–Kier alpha value is -1.93. The largest absolute Gasteiger partial charge is 0.384 e. The van der Waals surface area contributed by atoms with Gasteiger partial charge in [-0.3, -0.25) is 4.98 Å². The van der Waals surface area contributed by atoms with Gasteiger partial charge in [0.1, 0.15) is 11.2 Å². The van der Waals surface area contributed by atoms with Gasteiger partial charge in [0.25, 0.3) is 0 Å². The van der Waals surface area contributed by atoms with Crippen LogP contribution >= 0.6 is 0 Å². The molecule has 2 aromatic heterocycles. The zero-order valence-corrected chi connectivity index (χ0v) is 11.1. The second-order valence-corrected chi connectivity index (χ2v) is 5.45. The van der Waals surface area contributed by atoms with E-state index in [4.69, 9.17) is 0 Å². The molecule has 0 aromatic carbocycles. The quantitative estimate of drug-likeness (QED) is 0.819. The third-order valence-electron chi connectivity index (χ3n) is 2.38. The molecule has 0 aliphatic rings. The van der Waals surface area contributed by atoms with Crippen molar-refractivity contribution in [3.8, 4) is 0 Å². The molecular weight excluding hydrogens is 268 g/mol. The van der Waals surface area contributed by atoms with Crippen molar-refractivity contribution >= 4 is 15.7 Å². The summed E-state index contributed by atoms with van der Waals surface area (Å²) in [5, 5.41) is 6.62. The predicted octanol–water partition coefficient (Wildman–Crippen LogP) is 0.980. The van der Waals surface area contributed by atoms with E-state index in [1.54, 1.807) is 12.1 Å². The van der Waals surface area contributed by atoms with E-state index in [1.165, 1.54) is 18.7 Å². The van der Waals surface area contributed by atoms with Gasteiger partial charge in [-0.2, -0.15) is 0 Å². The summed E-state index contributed by atoms with van der Waals surface area (Å²) in [4.78, 5) is 3.96. The Labute approximate surface area is 111 Å². The molecule has 0 unspecified atom stereocenters. The van der Waals surface area contributed by atoms with Crippen LogP contribution in [-0.2, 0) is 16.6 Å². The van der Waals surface area contributed by atoms with Crippen molar-refractivity contribution in [2.45, 2.75) is 18.4 Å². The lowest BCUT2D eigenvalue weighted by Gasteiger charge is -2.10. The summed E-state index contributed by atoms with van der Waals surface area (Å²) in [5.41, 5.74) is 1.03. The number of sulfonamides is 1. The van der Waals surface area contributed by atoms with Gasteiger partial charge in [0.05, 0.1) is 17.9 Å². The number of rotatable bonds is 6. The van der Waals surface area contributed by atoms with Crippen molar-refractivity contribution in [1.82, 2.24) is 14.9 Å². The Kier molecular flexibility index (Phi) is 4.13. The fourth-order valence-electron chi connectivity index (χ4n) is 1.51. The van der Waals surface area contributed by atoms with Gasteiger partial charge in [0.15, 0.2) is 0 Å². The van der Waals surface area contributed by atoms with Crippen molar-refractivity contribution in [2.75, 3.05) is 11.9 Å². The molecule has 0 fully saturated rings. The van der Waals surface area contributed by atoms with E-state index in [1.807, 2.05) is 6.92 Å². The molecule has 0 bridgehead atoms.